The number of benzene rings is 8. The Hall–Kier alpha value is -7.27. The molecule has 0 aliphatic heterocycles. The lowest BCUT2D eigenvalue weighted by atomic mass is 9.95. The second-order valence-electron chi connectivity index (χ2n) is 14.7. The van der Waals surface area contributed by atoms with Crippen molar-refractivity contribution in [3.8, 4) is 50.5 Å². The SMILES string of the molecule is c1ccc(-c2cc(-c3cccc4sc5cc(-c6ccc7c(c6)c6ccccc6n7-c6ccccc6)ccc5c34)cc(-c3ccc4c(c3)oc3ccccc34)n2)cc1. The average molecular weight is 745 g/mol. The van der Waals surface area contributed by atoms with Crippen LogP contribution >= 0.6 is 11.3 Å². The van der Waals surface area contributed by atoms with Gasteiger partial charge in [0, 0.05) is 58.5 Å². The topological polar surface area (TPSA) is 31.0 Å². The third-order valence-electron chi connectivity index (χ3n) is 11.4. The number of hydrogen-bond donors (Lipinski definition) is 0. The van der Waals surface area contributed by atoms with Crippen LogP contribution in [0.3, 0.4) is 0 Å². The van der Waals surface area contributed by atoms with Crippen LogP contribution in [0.25, 0.3) is 114 Å². The number of para-hydroxylation sites is 3. The minimum absolute atomic E-state index is 0.866. The number of pyridine rings is 1. The summed E-state index contributed by atoms with van der Waals surface area (Å²) >= 11 is 1.86. The Bertz CT molecular complexity index is 3520. The van der Waals surface area contributed by atoms with E-state index in [0.717, 1.165) is 50.0 Å². The first kappa shape index (κ1) is 32.0. The minimum atomic E-state index is 0.866. The first-order valence-electron chi connectivity index (χ1n) is 19.3. The van der Waals surface area contributed by atoms with Gasteiger partial charge in [0.15, 0.2) is 0 Å². The van der Waals surface area contributed by atoms with Crippen LogP contribution in [0, 0.1) is 0 Å². The van der Waals surface area contributed by atoms with E-state index < -0.39 is 0 Å². The fourth-order valence-corrected chi connectivity index (χ4v) is 9.90. The molecule has 0 saturated carbocycles. The summed E-state index contributed by atoms with van der Waals surface area (Å²) in [5.41, 5.74) is 14.1. The van der Waals surface area contributed by atoms with Crippen LogP contribution in [0.2, 0.25) is 0 Å². The maximum Gasteiger partial charge on any atom is 0.136 e. The summed E-state index contributed by atoms with van der Waals surface area (Å²) in [6, 6.07) is 69.6. The van der Waals surface area contributed by atoms with Gasteiger partial charge in [-0.1, -0.05) is 121 Å². The number of fused-ring (bicyclic) bond motifs is 9. The van der Waals surface area contributed by atoms with E-state index in [1.165, 1.54) is 64.4 Å². The van der Waals surface area contributed by atoms with Gasteiger partial charge in [-0.2, -0.15) is 0 Å². The van der Waals surface area contributed by atoms with E-state index in [4.69, 9.17) is 9.40 Å². The Kier molecular flexibility index (Phi) is 7.10. The second-order valence-corrected chi connectivity index (χ2v) is 15.8. The van der Waals surface area contributed by atoms with Crippen molar-refractivity contribution in [2.75, 3.05) is 0 Å². The van der Waals surface area contributed by atoms with Gasteiger partial charge in [-0.15, -0.1) is 11.3 Å². The zero-order valence-electron chi connectivity index (χ0n) is 30.7. The molecule has 8 aromatic carbocycles. The third kappa shape index (κ3) is 5.15. The normalized spacial score (nSPS) is 11.9. The lowest BCUT2D eigenvalue weighted by Gasteiger charge is -2.12. The Morgan fingerprint density at radius 1 is 0.386 bits per heavy atom. The van der Waals surface area contributed by atoms with E-state index in [1.807, 2.05) is 23.5 Å². The van der Waals surface area contributed by atoms with Crippen molar-refractivity contribution in [2.45, 2.75) is 0 Å². The third-order valence-corrected chi connectivity index (χ3v) is 12.5. The molecule has 0 saturated heterocycles. The van der Waals surface area contributed by atoms with Gasteiger partial charge in [0.1, 0.15) is 11.2 Å². The van der Waals surface area contributed by atoms with E-state index in [9.17, 15) is 0 Å². The molecule has 4 heteroatoms. The minimum Gasteiger partial charge on any atom is -0.456 e. The molecule has 0 radical (unpaired) electrons. The van der Waals surface area contributed by atoms with Crippen molar-refractivity contribution < 1.29 is 4.42 Å². The van der Waals surface area contributed by atoms with Gasteiger partial charge in [-0.05, 0) is 95.1 Å². The van der Waals surface area contributed by atoms with Crippen LogP contribution in [0.1, 0.15) is 0 Å². The highest BCUT2D eigenvalue weighted by molar-refractivity contribution is 7.26. The number of furan rings is 1. The van der Waals surface area contributed by atoms with Gasteiger partial charge >= 0.3 is 0 Å². The predicted molar refractivity (Wildman–Crippen MR) is 240 cm³/mol. The standard InChI is InChI=1S/C53H32N2OS/c1-3-12-33(13-4-1)45-29-37(30-46(54-45)36-23-25-42-41-17-8-10-20-49(41)56-50(42)31-36)39-18-11-21-51-53(39)43-26-22-35(32-52(43)57-51)34-24-27-48-44(28-34)40-16-7-9-19-47(40)55(48)38-14-5-2-6-15-38/h1-32H. The molecule has 0 atom stereocenters. The predicted octanol–water partition coefficient (Wildman–Crippen LogP) is 15.1. The van der Waals surface area contributed by atoms with Crippen molar-refractivity contribution in [2.24, 2.45) is 0 Å². The van der Waals surface area contributed by atoms with Crippen molar-refractivity contribution in [1.29, 1.82) is 0 Å². The highest BCUT2D eigenvalue weighted by atomic mass is 32.1. The quantitative estimate of drug-likeness (QED) is 0.176. The molecule has 266 valence electrons. The Morgan fingerprint density at radius 2 is 1.05 bits per heavy atom. The smallest absolute Gasteiger partial charge is 0.136 e. The maximum atomic E-state index is 6.31. The molecule has 3 nitrogen and oxygen atoms in total. The van der Waals surface area contributed by atoms with Crippen LogP contribution in [-0.4, -0.2) is 9.55 Å². The molecule has 0 amide bonds. The molecule has 0 spiro atoms. The molecule has 4 heterocycles. The summed E-state index contributed by atoms with van der Waals surface area (Å²) in [7, 11) is 0. The molecule has 0 aliphatic rings. The summed E-state index contributed by atoms with van der Waals surface area (Å²) in [6.45, 7) is 0. The summed E-state index contributed by atoms with van der Waals surface area (Å²) in [4.78, 5) is 5.25. The van der Waals surface area contributed by atoms with Crippen molar-refractivity contribution in [3.63, 3.8) is 0 Å². The highest BCUT2D eigenvalue weighted by Crippen LogP contribution is 2.44. The van der Waals surface area contributed by atoms with Crippen LogP contribution in [0.4, 0.5) is 0 Å². The van der Waals surface area contributed by atoms with Crippen LogP contribution in [0.15, 0.2) is 199 Å². The van der Waals surface area contributed by atoms with Gasteiger partial charge in [0.2, 0.25) is 0 Å². The average Bonchev–Trinajstić information content (AvgIpc) is 3.95. The van der Waals surface area contributed by atoms with E-state index in [0.29, 0.717) is 0 Å². The first-order chi connectivity index (χ1) is 28.2. The molecule has 0 unspecified atom stereocenters. The molecular formula is C53H32N2OS. The molecule has 0 aliphatic carbocycles. The summed E-state index contributed by atoms with van der Waals surface area (Å²) < 4.78 is 11.2. The first-order valence-corrected chi connectivity index (χ1v) is 20.1. The van der Waals surface area contributed by atoms with E-state index in [1.54, 1.807) is 0 Å². The van der Waals surface area contributed by atoms with Crippen molar-refractivity contribution in [1.82, 2.24) is 9.55 Å². The fraction of sp³-hybridized carbons (Fsp3) is 0. The summed E-state index contributed by atoms with van der Waals surface area (Å²) in [5, 5.41) is 7.29. The molecule has 4 aromatic heterocycles. The largest absolute Gasteiger partial charge is 0.456 e. The monoisotopic (exact) mass is 744 g/mol. The number of thiophene rings is 1. The molecule has 0 fully saturated rings. The lowest BCUT2D eigenvalue weighted by molar-refractivity contribution is 0.669. The summed E-state index contributed by atoms with van der Waals surface area (Å²) in [6.07, 6.45) is 0. The van der Waals surface area contributed by atoms with Gasteiger partial charge < -0.3 is 8.98 Å². The number of hydrogen-bond acceptors (Lipinski definition) is 3. The summed E-state index contributed by atoms with van der Waals surface area (Å²) in [5.74, 6) is 0. The highest BCUT2D eigenvalue weighted by Gasteiger charge is 2.18. The Morgan fingerprint density at radius 3 is 1.93 bits per heavy atom. The van der Waals surface area contributed by atoms with E-state index in [-0.39, 0.29) is 0 Å². The maximum absolute atomic E-state index is 6.31. The molecule has 0 bridgehead atoms. The number of nitrogens with zero attached hydrogens (tertiary/aromatic N) is 2. The van der Waals surface area contributed by atoms with Crippen molar-refractivity contribution >= 4 is 75.3 Å². The van der Waals surface area contributed by atoms with Gasteiger partial charge in [0.25, 0.3) is 0 Å². The zero-order valence-corrected chi connectivity index (χ0v) is 31.5. The van der Waals surface area contributed by atoms with Crippen LogP contribution in [0.5, 0.6) is 0 Å². The van der Waals surface area contributed by atoms with Gasteiger partial charge in [0.05, 0.1) is 22.4 Å². The number of rotatable bonds is 5. The van der Waals surface area contributed by atoms with Crippen LogP contribution in [-0.2, 0) is 0 Å². The Balaban J connectivity index is 1.00. The zero-order chi connectivity index (χ0) is 37.5. The molecule has 0 N–H and O–H groups in total. The van der Waals surface area contributed by atoms with Gasteiger partial charge in [-0.3, -0.25) is 0 Å². The van der Waals surface area contributed by atoms with Crippen LogP contribution < -0.4 is 0 Å². The van der Waals surface area contributed by atoms with E-state index in [2.05, 4.69) is 187 Å². The van der Waals surface area contributed by atoms with E-state index >= 15 is 0 Å². The van der Waals surface area contributed by atoms with Crippen molar-refractivity contribution in [3.05, 3.63) is 194 Å². The molecular weight excluding hydrogens is 713 g/mol. The molecule has 12 rings (SSSR count). The fourth-order valence-electron chi connectivity index (χ4n) is 8.73. The second kappa shape index (κ2) is 12.6. The molecule has 12 aromatic rings. The number of aromatic nitrogens is 2. The lowest BCUT2D eigenvalue weighted by Crippen LogP contribution is -1.92. The Labute approximate surface area is 332 Å². The molecule has 57 heavy (non-hydrogen) atoms. The van der Waals surface area contributed by atoms with Gasteiger partial charge in [-0.25, -0.2) is 4.98 Å².